The molecular formula is C17H18N4O. The summed E-state index contributed by atoms with van der Waals surface area (Å²) in [5, 5.41) is 20.4. The van der Waals surface area contributed by atoms with E-state index in [4.69, 9.17) is 10.5 Å². The molecule has 0 saturated carbocycles. The highest BCUT2D eigenvalue weighted by Crippen LogP contribution is 2.22. The number of nitrogens with zero attached hydrogens (tertiary/aromatic N) is 3. The van der Waals surface area contributed by atoms with Gasteiger partial charge in [-0.3, -0.25) is 4.79 Å². The van der Waals surface area contributed by atoms with Crippen molar-refractivity contribution in [3.8, 4) is 12.1 Å². The Bertz CT molecular complexity index is 642. The zero-order valence-electron chi connectivity index (χ0n) is 12.5. The number of para-hydroxylation sites is 1. The van der Waals surface area contributed by atoms with E-state index in [9.17, 15) is 4.79 Å². The second-order valence-electron chi connectivity index (χ2n) is 5.45. The number of likely N-dealkylation sites (tertiary alicyclic amines) is 1. The molecule has 5 nitrogen and oxygen atoms in total. The Kier molecular flexibility index (Phi) is 5.16. The number of nitriles is 2. The van der Waals surface area contributed by atoms with Gasteiger partial charge < -0.3 is 10.2 Å². The molecule has 1 aliphatic heterocycles. The minimum absolute atomic E-state index is 0.0149. The molecule has 0 aromatic heterocycles. The maximum atomic E-state index is 12.6. The van der Waals surface area contributed by atoms with Gasteiger partial charge in [0, 0.05) is 19.3 Å². The van der Waals surface area contributed by atoms with Crippen LogP contribution in [0.25, 0.3) is 0 Å². The summed E-state index contributed by atoms with van der Waals surface area (Å²) in [5.74, 6) is 0.646. The third-order valence-electron chi connectivity index (χ3n) is 3.84. The van der Waals surface area contributed by atoms with Crippen LogP contribution >= 0.6 is 0 Å². The first kappa shape index (κ1) is 15.6. The highest BCUT2D eigenvalue weighted by atomic mass is 16.2. The minimum atomic E-state index is -0.0333. The molecule has 1 heterocycles. The van der Waals surface area contributed by atoms with Crippen LogP contribution in [0.1, 0.15) is 30.1 Å². The molecule has 2 rings (SSSR count). The van der Waals surface area contributed by atoms with Gasteiger partial charge in [0.05, 0.1) is 11.3 Å². The average Bonchev–Trinajstić information content (AvgIpc) is 2.56. The van der Waals surface area contributed by atoms with Crippen molar-refractivity contribution in [3.63, 3.8) is 0 Å². The third kappa shape index (κ3) is 3.65. The average molecular weight is 294 g/mol. The molecule has 0 unspecified atom stereocenters. The van der Waals surface area contributed by atoms with E-state index in [-0.39, 0.29) is 11.5 Å². The van der Waals surface area contributed by atoms with Crippen molar-refractivity contribution in [2.24, 2.45) is 5.92 Å². The first-order valence-corrected chi connectivity index (χ1v) is 7.31. The van der Waals surface area contributed by atoms with Gasteiger partial charge in [-0.25, -0.2) is 0 Å². The monoisotopic (exact) mass is 294 g/mol. The van der Waals surface area contributed by atoms with Crippen LogP contribution in [0.15, 0.2) is 36.0 Å². The van der Waals surface area contributed by atoms with E-state index in [1.807, 2.05) is 17.0 Å². The number of hydrogen-bond donors (Lipinski definition) is 1. The first-order valence-electron chi connectivity index (χ1n) is 7.31. The molecule has 22 heavy (non-hydrogen) atoms. The molecule has 0 radical (unpaired) electrons. The van der Waals surface area contributed by atoms with Crippen LogP contribution in [0.2, 0.25) is 0 Å². The van der Waals surface area contributed by atoms with Gasteiger partial charge in [0.2, 0.25) is 0 Å². The number of nitrogens with one attached hydrogen (secondary N) is 1. The lowest BCUT2D eigenvalue weighted by atomic mass is 9.98. The summed E-state index contributed by atoms with van der Waals surface area (Å²) >= 11 is 0. The largest absolute Gasteiger partial charge is 0.359 e. The number of carbonyl (C=O) groups is 1. The molecule has 1 aliphatic rings. The van der Waals surface area contributed by atoms with Gasteiger partial charge in [-0.15, -0.1) is 0 Å². The van der Waals surface area contributed by atoms with Crippen molar-refractivity contribution >= 4 is 11.6 Å². The summed E-state index contributed by atoms with van der Waals surface area (Å²) in [6, 6.07) is 10.7. The number of carbonyl (C=O) groups excluding carboxylic acids is 1. The standard InChI is InChI=1S/C17H18N4O/c1-13-6-8-21(9-7-13)17(22)15-4-2-3-5-16(15)20-12-14(10-18)11-19/h2-5,12-13,20H,6-9H2,1H3. The number of allylic oxidation sites excluding steroid dienone is 1. The number of anilines is 1. The maximum Gasteiger partial charge on any atom is 0.255 e. The minimum Gasteiger partial charge on any atom is -0.359 e. The summed E-state index contributed by atoms with van der Waals surface area (Å²) in [4.78, 5) is 14.5. The fourth-order valence-electron chi connectivity index (χ4n) is 2.42. The van der Waals surface area contributed by atoms with Crippen molar-refractivity contribution in [2.45, 2.75) is 19.8 Å². The van der Waals surface area contributed by atoms with Gasteiger partial charge in [-0.05, 0) is 30.9 Å². The molecule has 1 saturated heterocycles. The first-order chi connectivity index (χ1) is 10.7. The van der Waals surface area contributed by atoms with Crippen molar-refractivity contribution in [1.29, 1.82) is 10.5 Å². The molecule has 5 heteroatoms. The number of benzene rings is 1. The molecule has 1 N–H and O–H groups in total. The molecule has 112 valence electrons. The summed E-state index contributed by atoms with van der Waals surface area (Å²) in [7, 11) is 0. The Morgan fingerprint density at radius 1 is 1.27 bits per heavy atom. The van der Waals surface area contributed by atoms with Crippen molar-refractivity contribution in [1.82, 2.24) is 4.90 Å². The van der Waals surface area contributed by atoms with Gasteiger partial charge in [0.15, 0.2) is 0 Å². The molecule has 1 fully saturated rings. The van der Waals surface area contributed by atoms with E-state index in [1.54, 1.807) is 24.3 Å². The molecule has 0 spiro atoms. The summed E-state index contributed by atoms with van der Waals surface area (Å²) in [5.41, 5.74) is 1.13. The fourth-order valence-corrected chi connectivity index (χ4v) is 2.42. The Morgan fingerprint density at radius 3 is 2.55 bits per heavy atom. The van der Waals surface area contributed by atoms with E-state index in [2.05, 4.69) is 12.2 Å². The number of rotatable bonds is 3. The summed E-state index contributed by atoms with van der Waals surface area (Å²) in [6.07, 6.45) is 3.37. The number of piperidine rings is 1. The molecular weight excluding hydrogens is 276 g/mol. The SMILES string of the molecule is CC1CCN(C(=O)c2ccccc2NC=C(C#N)C#N)CC1. The van der Waals surface area contributed by atoms with Crippen molar-refractivity contribution in [2.75, 3.05) is 18.4 Å². The summed E-state index contributed by atoms with van der Waals surface area (Å²) < 4.78 is 0. The van der Waals surface area contributed by atoms with Crippen LogP contribution in [0, 0.1) is 28.6 Å². The molecule has 1 aromatic carbocycles. The van der Waals surface area contributed by atoms with Crippen molar-refractivity contribution in [3.05, 3.63) is 41.6 Å². The van der Waals surface area contributed by atoms with Crippen LogP contribution in [-0.2, 0) is 0 Å². The Labute approximate surface area is 130 Å². The Hall–Kier alpha value is -2.79. The third-order valence-corrected chi connectivity index (χ3v) is 3.84. The van der Waals surface area contributed by atoms with Crippen LogP contribution in [0.4, 0.5) is 5.69 Å². The van der Waals surface area contributed by atoms with Crippen LogP contribution in [-0.4, -0.2) is 23.9 Å². The second kappa shape index (κ2) is 7.28. The zero-order chi connectivity index (χ0) is 15.9. The van der Waals surface area contributed by atoms with Gasteiger partial charge in [-0.2, -0.15) is 10.5 Å². The lowest BCUT2D eigenvalue weighted by molar-refractivity contribution is 0.0698. The topological polar surface area (TPSA) is 79.9 Å². The van der Waals surface area contributed by atoms with Gasteiger partial charge in [0.1, 0.15) is 17.7 Å². The van der Waals surface area contributed by atoms with Crippen LogP contribution < -0.4 is 5.32 Å². The Morgan fingerprint density at radius 2 is 1.91 bits per heavy atom. The molecule has 0 aliphatic carbocycles. The lowest BCUT2D eigenvalue weighted by Crippen LogP contribution is -2.38. The molecule has 1 amide bonds. The van der Waals surface area contributed by atoms with E-state index in [0.717, 1.165) is 25.9 Å². The summed E-state index contributed by atoms with van der Waals surface area (Å²) in [6.45, 7) is 3.74. The van der Waals surface area contributed by atoms with Crippen LogP contribution in [0.5, 0.6) is 0 Å². The Balaban J connectivity index is 2.18. The van der Waals surface area contributed by atoms with Gasteiger partial charge >= 0.3 is 0 Å². The highest BCUT2D eigenvalue weighted by Gasteiger charge is 2.22. The second-order valence-corrected chi connectivity index (χ2v) is 5.45. The number of amides is 1. The molecule has 0 bridgehead atoms. The van der Waals surface area contributed by atoms with Gasteiger partial charge in [0.25, 0.3) is 5.91 Å². The smallest absolute Gasteiger partial charge is 0.255 e. The fraction of sp³-hybridized carbons (Fsp3) is 0.353. The number of hydrogen-bond acceptors (Lipinski definition) is 4. The van der Waals surface area contributed by atoms with E-state index in [1.165, 1.54) is 6.20 Å². The van der Waals surface area contributed by atoms with E-state index in [0.29, 0.717) is 17.2 Å². The maximum absolute atomic E-state index is 12.6. The molecule has 0 atom stereocenters. The van der Waals surface area contributed by atoms with Gasteiger partial charge in [-0.1, -0.05) is 19.1 Å². The quantitative estimate of drug-likeness (QED) is 0.869. The zero-order valence-corrected chi connectivity index (χ0v) is 12.5. The van der Waals surface area contributed by atoms with E-state index >= 15 is 0 Å². The predicted molar refractivity (Wildman–Crippen MR) is 83.7 cm³/mol. The van der Waals surface area contributed by atoms with Crippen molar-refractivity contribution < 1.29 is 4.79 Å². The molecule has 1 aromatic rings. The predicted octanol–water partition coefficient (Wildman–Crippen LogP) is 2.90. The van der Waals surface area contributed by atoms with Crippen LogP contribution in [0.3, 0.4) is 0 Å². The normalized spacial score (nSPS) is 14.6. The van der Waals surface area contributed by atoms with E-state index < -0.39 is 0 Å². The highest BCUT2D eigenvalue weighted by molar-refractivity contribution is 5.99. The lowest BCUT2D eigenvalue weighted by Gasteiger charge is -2.30.